The van der Waals surface area contributed by atoms with Crippen molar-refractivity contribution >= 4 is 16.9 Å². The smallest absolute Gasteiger partial charge is 0.407 e. The van der Waals surface area contributed by atoms with Crippen molar-refractivity contribution in [2.75, 3.05) is 6.54 Å². The van der Waals surface area contributed by atoms with Gasteiger partial charge in [0, 0.05) is 18.7 Å². The van der Waals surface area contributed by atoms with Gasteiger partial charge in [0.15, 0.2) is 0 Å². The lowest BCUT2D eigenvalue weighted by atomic mass is 10.0. The molecule has 0 aliphatic rings. The molecule has 0 heterocycles. The van der Waals surface area contributed by atoms with Crippen LogP contribution in [0, 0.1) is 32.6 Å². The lowest BCUT2D eigenvalue weighted by molar-refractivity contribution is 0.0512. The number of benzene rings is 3. The Balaban J connectivity index is 1.75. The number of carbonyl (C=O) groups excluding carboxylic acids is 1. The van der Waals surface area contributed by atoms with Gasteiger partial charge in [-0.25, -0.2) is 4.79 Å². The number of aliphatic hydroxyl groups excluding tert-OH is 1. The van der Waals surface area contributed by atoms with Crippen LogP contribution in [0.4, 0.5) is 4.79 Å². The predicted molar refractivity (Wildman–Crippen MR) is 142 cm³/mol. The van der Waals surface area contributed by atoms with Crippen molar-refractivity contribution in [3.8, 4) is 11.8 Å². The van der Waals surface area contributed by atoms with Gasteiger partial charge < -0.3 is 20.5 Å². The van der Waals surface area contributed by atoms with Crippen LogP contribution in [0.1, 0.15) is 48.6 Å². The molecule has 5 nitrogen and oxygen atoms in total. The highest BCUT2D eigenvalue weighted by Gasteiger charge is 2.21. The monoisotopic (exact) mass is 472 g/mol. The Morgan fingerprint density at radius 1 is 0.943 bits per heavy atom. The number of alkyl carbamates (subject to hydrolysis) is 1. The van der Waals surface area contributed by atoms with Crippen LogP contribution in [0.2, 0.25) is 0 Å². The van der Waals surface area contributed by atoms with Crippen LogP contribution < -0.4 is 10.6 Å². The normalized spacial score (nSPS) is 13.0. The number of nitrogens with one attached hydrogen (secondary N) is 2. The van der Waals surface area contributed by atoms with Crippen molar-refractivity contribution in [1.29, 1.82) is 0 Å². The maximum Gasteiger partial charge on any atom is 0.407 e. The summed E-state index contributed by atoms with van der Waals surface area (Å²) in [5, 5.41) is 19.4. The Morgan fingerprint density at radius 3 is 2.31 bits per heavy atom. The van der Waals surface area contributed by atoms with E-state index < -0.39 is 23.8 Å². The van der Waals surface area contributed by atoms with Crippen molar-refractivity contribution < 1.29 is 14.6 Å². The van der Waals surface area contributed by atoms with Gasteiger partial charge >= 0.3 is 6.09 Å². The second-order valence-electron chi connectivity index (χ2n) is 10.1. The van der Waals surface area contributed by atoms with E-state index in [9.17, 15) is 9.90 Å². The number of rotatable bonds is 6. The third-order valence-electron chi connectivity index (χ3n) is 5.46. The highest BCUT2D eigenvalue weighted by molar-refractivity contribution is 5.83. The summed E-state index contributed by atoms with van der Waals surface area (Å²) in [4.78, 5) is 12.2. The highest BCUT2D eigenvalue weighted by Crippen LogP contribution is 2.18. The molecule has 0 saturated carbocycles. The molecule has 0 radical (unpaired) electrons. The minimum Gasteiger partial charge on any atom is -0.444 e. The van der Waals surface area contributed by atoms with Gasteiger partial charge in [0.2, 0.25) is 0 Å². The molecule has 3 aromatic rings. The van der Waals surface area contributed by atoms with Crippen LogP contribution in [0.25, 0.3) is 10.8 Å². The second kappa shape index (κ2) is 11.4. The molecule has 0 fully saturated rings. The summed E-state index contributed by atoms with van der Waals surface area (Å²) in [7, 11) is 0. The van der Waals surface area contributed by atoms with Gasteiger partial charge in [0.1, 0.15) is 11.7 Å². The summed E-state index contributed by atoms with van der Waals surface area (Å²) >= 11 is 0. The Hall–Kier alpha value is -3.33. The molecule has 3 rings (SSSR count). The van der Waals surface area contributed by atoms with Gasteiger partial charge in [0.05, 0.1) is 6.04 Å². The van der Waals surface area contributed by atoms with E-state index in [0.717, 1.165) is 22.3 Å². The molecule has 3 N–H and O–H groups in total. The lowest BCUT2D eigenvalue weighted by Gasteiger charge is -2.24. The zero-order valence-electron chi connectivity index (χ0n) is 21.5. The van der Waals surface area contributed by atoms with E-state index >= 15 is 0 Å². The van der Waals surface area contributed by atoms with E-state index in [1.54, 1.807) is 0 Å². The van der Waals surface area contributed by atoms with Crippen molar-refractivity contribution in [1.82, 2.24) is 10.6 Å². The molecule has 1 amide bonds. The Bertz CT molecular complexity index is 1230. The average Bonchev–Trinajstić information content (AvgIpc) is 2.75. The van der Waals surface area contributed by atoms with Gasteiger partial charge in [-0.05, 0) is 87.2 Å². The number of ether oxygens (including phenoxy) is 1. The van der Waals surface area contributed by atoms with E-state index in [2.05, 4.69) is 71.9 Å². The number of aryl methyl sites for hydroxylation is 3. The maximum atomic E-state index is 12.2. The van der Waals surface area contributed by atoms with Crippen LogP contribution in [0.5, 0.6) is 0 Å². The third kappa shape index (κ3) is 8.43. The standard InChI is InChI=1S/C30H36N2O3/c1-20-7-10-25-11-8-24(17-26(25)16-20)18-31-27(19-32-29(34)35-30(4,5)6)28(33)12-9-23-14-21(2)13-22(3)15-23/h7-8,10-11,13-17,27-28,31,33H,18-19H2,1-6H3,(H,32,34). The highest BCUT2D eigenvalue weighted by atomic mass is 16.6. The fourth-order valence-electron chi connectivity index (χ4n) is 3.88. The first-order chi connectivity index (χ1) is 16.5. The fourth-order valence-corrected chi connectivity index (χ4v) is 3.88. The molecule has 35 heavy (non-hydrogen) atoms. The first-order valence-corrected chi connectivity index (χ1v) is 12.0. The molecule has 2 atom stereocenters. The minimum absolute atomic E-state index is 0.171. The van der Waals surface area contributed by atoms with Crippen LogP contribution >= 0.6 is 0 Å². The van der Waals surface area contributed by atoms with Crippen molar-refractivity contribution in [2.45, 2.75) is 65.8 Å². The Morgan fingerprint density at radius 2 is 1.63 bits per heavy atom. The van der Waals surface area contributed by atoms with Crippen molar-refractivity contribution in [3.63, 3.8) is 0 Å². The van der Waals surface area contributed by atoms with Gasteiger partial charge in [-0.2, -0.15) is 0 Å². The first kappa shape index (κ1) is 26.3. The molecule has 0 bridgehead atoms. The summed E-state index contributed by atoms with van der Waals surface area (Å²) < 4.78 is 5.35. The van der Waals surface area contributed by atoms with Gasteiger partial charge in [0.25, 0.3) is 0 Å². The lowest BCUT2D eigenvalue weighted by Crippen LogP contribution is -2.48. The summed E-state index contributed by atoms with van der Waals surface area (Å²) in [5.74, 6) is 6.03. The fraction of sp³-hybridized carbons (Fsp3) is 0.367. The molecule has 3 aromatic carbocycles. The zero-order chi connectivity index (χ0) is 25.6. The summed E-state index contributed by atoms with van der Waals surface area (Å²) in [6.45, 7) is 12.3. The van der Waals surface area contributed by atoms with E-state index in [-0.39, 0.29) is 6.54 Å². The molecule has 184 valence electrons. The predicted octanol–water partition coefficient (Wildman–Crippen LogP) is 5.16. The van der Waals surface area contributed by atoms with Gasteiger partial charge in [-0.3, -0.25) is 0 Å². The van der Waals surface area contributed by atoms with E-state index in [4.69, 9.17) is 4.74 Å². The van der Waals surface area contributed by atoms with Crippen LogP contribution in [-0.2, 0) is 11.3 Å². The molecule has 0 aliphatic heterocycles. The van der Waals surface area contributed by atoms with E-state index in [1.165, 1.54) is 16.3 Å². The number of amides is 1. The van der Waals surface area contributed by atoms with Crippen LogP contribution in [-0.4, -0.2) is 35.5 Å². The largest absolute Gasteiger partial charge is 0.444 e. The number of aliphatic hydroxyl groups is 1. The molecular formula is C30H36N2O3. The minimum atomic E-state index is -0.992. The number of hydrogen-bond donors (Lipinski definition) is 3. The van der Waals surface area contributed by atoms with Crippen molar-refractivity contribution in [2.24, 2.45) is 0 Å². The van der Waals surface area contributed by atoms with E-state index in [0.29, 0.717) is 6.54 Å². The van der Waals surface area contributed by atoms with Crippen molar-refractivity contribution in [3.05, 3.63) is 82.4 Å². The first-order valence-electron chi connectivity index (χ1n) is 12.0. The second-order valence-corrected chi connectivity index (χ2v) is 10.1. The summed E-state index contributed by atoms with van der Waals surface area (Å²) in [5.41, 5.74) is 4.79. The molecule has 0 aliphatic carbocycles. The number of fused-ring (bicyclic) bond motifs is 1. The zero-order valence-corrected chi connectivity index (χ0v) is 21.5. The van der Waals surface area contributed by atoms with E-state index in [1.807, 2.05) is 46.8 Å². The summed E-state index contributed by atoms with van der Waals surface area (Å²) in [6, 6.07) is 18.2. The van der Waals surface area contributed by atoms with Gasteiger partial charge in [-0.1, -0.05) is 53.8 Å². The Labute approximate surface area is 208 Å². The number of hydrogen-bond acceptors (Lipinski definition) is 4. The Kier molecular flexibility index (Phi) is 8.56. The quantitative estimate of drug-likeness (QED) is 0.434. The van der Waals surface area contributed by atoms with Crippen LogP contribution in [0.15, 0.2) is 54.6 Å². The average molecular weight is 473 g/mol. The molecule has 5 heteroatoms. The molecule has 0 spiro atoms. The summed E-state index contributed by atoms with van der Waals surface area (Å²) in [6.07, 6.45) is -1.52. The molecule has 0 saturated heterocycles. The maximum absolute atomic E-state index is 12.2. The topological polar surface area (TPSA) is 70.6 Å². The molecular weight excluding hydrogens is 436 g/mol. The van der Waals surface area contributed by atoms with Crippen LogP contribution in [0.3, 0.4) is 0 Å². The molecule has 0 aromatic heterocycles. The SMILES string of the molecule is Cc1cc(C)cc(C#CC(O)C(CNC(=O)OC(C)(C)C)NCc2ccc3ccc(C)cc3c2)c1. The third-order valence-corrected chi connectivity index (χ3v) is 5.46. The van der Waals surface area contributed by atoms with Gasteiger partial charge in [-0.15, -0.1) is 0 Å². The number of carbonyl (C=O) groups is 1. The molecule has 2 unspecified atom stereocenters.